The quantitative estimate of drug-likeness (QED) is 0.651. The van der Waals surface area contributed by atoms with Crippen LogP contribution in [0.5, 0.6) is 0 Å². The number of H-pyrrole nitrogens is 1. The zero-order valence-electron chi connectivity index (χ0n) is 12.7. The highest BCUT2D eigenvalue weighted by molar-refractivity contribution is 8.00. The van der Waals surface area contributed by atoms with Crippen LogP contribution in [0, 0.1) is 6.92 Å². The van der Waals surface area contributed by atoms with Gasteiger partial charge in [0.2, 0.25) is 0 Å². The van der Waals surface area contributed by atoms with Crippen molar-refractivity contribution in [2.45, 2.75) is 47.6 Å². The minimum Gasteiger partial charge on any atom is -0.301 e. The molecule has 0 saturated carbocycles. The molecule has 0 atom stereocenters. The van der Waals surface area contributed by atoms with Gasteiger partial charge >= 0.3 is 5.51 Å². The fraction of sp³-hybridized carbons (Fsp3) is 0.400. The van der Waals surface area contributed by atoms with Crippen LogP contribution in [0.1, 0.15) is 28.8 Å². The van der Waals surface area contributed by atoms with E-state index in [2.05, 4.69) is 15.0 Å². The van der Waals surface area contributed by atoms with Crippen molar-refractivity contribution in [1.82, 2.24) is 15.0 Å². The molecule has 1 aliphatic rings. The fourth-order valence-electron chi connectivity index (χ4n) is 2.56. The summed E-state index contributed by atoms with van der Waals surface area (Å²) in [7, 11) is 0. The second-order valence-corrected chi connectivity index (χ2v) is 7.42. The molecule has 1 N–H and O–H groups in total. The number of aryl methyl sites for hydroxylation is 2. The number of thioether (sulfide) groups is 2. The SMILES string of the molecule is Cc1ccnc(SC(F)(F)F)c1CSc1nc2c(c(=O)[nH]1)CCC2. The molecule has 1 aliphatic carbocycles. The number of halogens is 3. The minimum absolute atomic E-state index is 0.0569. The number of fused-ring (bicyclic) bond motifs is 1. The Hall–Kier alpha value is -1.48. The first-order chi connectivity index (χ1) is 11.3. The second-order valence-electron chi connectivity index (χ2n) is 5.40. The number of nitrogens with zero attached hydrogens (tertiary/aromatic N) is 2. The second kappa shape index (κ2) is 6.79. The summed E-state index contributed by atoms with van der Waals surface area (Å²) >= 11 is 1.00. The molecule has 2 aromatic heterocycles. The van der Waals surface area contributed by atoms with Crippen LogP contribution in [-0.2, 0) is 18.6 Å². The Bertz CT molecular complexity index is 821. The molecule has 0 amide bonds. The van der Waals surface area contributed by atoms with Crippen LogP contribution in [0.2, 0.25) is 0 Å². The number of hydrogen-bond acceptors (Lipinski definition) is 5. The summed E-state index contributed by atoms with van der Waals surface area (Å²) in [6, 6.07) is 1.68. The van der Waals surface area contributed by atoms with Crippen molar-refractivity contribution in [3.8, 4) is 0 Å². The van der Waals surface area contributed by atoms with Crippen LogP contribution in [0.4, 0.5) is 13.2 Å². The van der Waals surface area contributed by atoms with Gasteiger partial charge in [-0.15, -0.1) is 0 Å². The number of pyridine rings is 1. The van der Waals surface area contributed by atoms with Crippen molar-refractivity contribution in [3.05, 3.63) is 45.0 Å². The van der Waals surface area contributed by atoms with Crippen LogP contribution in [0.3, 0.4) is 0 Å². The molecular weight excluding hydrogens is 359 g/mol. The van der Waals surface area contributed by atoms with Crippen molar-refractivity contribution < 1.29 is 13.2 Å². The van der Waals surface area contributed by atoms with Gasteiger partial charge in [0.25, 0.3) is 5.56 Å². The van der Waals surface area contributed by atoms with E-state index in [0.29, 0.717) is 10.7 Å². The minimum atomic E-state index is -4.39. The lowest BCUT2D eigenvalue weighted by Gasteiger charge is -2.12. The first kappa shape index (κ1) is 17.3. The van der Waals surface area contributed by atoms with Crippen molar-refractivity contribution in [3.63, 3.8) is 0 Å². The Morgan fingerprint density at radius 3 is 2.88 bits per heavy atom. The van der Waals surface area contributed by atoms with Gasteiger partial charge in [-0.2, -0.15) is 13.2 Å². The van der Waals surface area contributed by atoms with E-state index in [1.807, 2.05) is 0 Å². The Morgan fingerprint density at radius 2 is 2.12 bits per heavy atom. The van der Waals surface area contributed by atoms with E-state index in [1.54, 1.807) is 13.0 Å². The number of aromatic amines is 1. The van der Waals surface area contributed by atoms with Gasteiger partial charge < -0.3 is 4.98 Å². The largest absolute Gasteiger partial charge is 0.447 e. The van der Waals surface area contributed by atoms with Gasteiger partial charge in [-0.3, -0.25) is 4.79 Å². The number of alkyl halides is 3. The first-order valence-corrected chi connectivity index (χ1v) is 9.09. The van der Waals surface area contributed by atoms with E-state index >= 15 is 0 Å². The summed E-state index contributed by atoms with van der Waals surface area (Å²) in [6.45, 7) is 1.75. The Morgan fingerprint density at radius 1 is 1.33 bits per heavy atom. The normalized spacial score (nSPS) is 14.0. The third-order valence-electron chi connectivity index (χ3n) is 3.74. The highest BCUT2D eigenvalue weighted by atomic mass is 32.2. The topological polar surface area (TPSA) is 58.6 Å². The molecule has 24 heavy (non-hydrogen) atoms. The molecule has 0 radical (unpaired) electrons. The van der Waals surface area contributed by atoms with Crippen molar-refractivity contribution >= 4 is 23.5 Å². The molecule has 3 rings (SSSR count). The predicted octanol–water partition coefficient (Wildman–Crippen LogP) is 3.87. The maximum absolute atomic E-state index is 12.7. The third kappa shape index (κ3) is 3.94. The molecule has 0 spiro atoms. The molecule has 0 aromatic carbocycles. The van der Waals surface area contributed by atoms with E-state index in [4.69, 9.17) is 0 Å². The lowest BCUT2D eigenvalue weighted by molar-refractivity contribution is -0.0329. The van der Waals surface area contributed by atoms with Gasteiger partial charge in [0.1, 0.15) is 5.03 Å². The summed E-state index contributed by atoms with van der Waals surface area (Å²) in [4.78, 5) is 23.0. The van der Waals surface area contributed by atoms with Crippen LogP contribution in [0.15, 0.2) is 27.2 Å². The van der Waals surface area contributed by atoms with Gasteiger partial charge in [0.15, 0.2) is 5.16 Å². The monoisotopic (exact) mass is 373 g/mol. The molecule has 0 unspecified atom stereocenters. The molecule has 0 bridgehead atoms. The third-order valence-corrected chi connectivity index (χ3v) is 5.41. The van der Waals surface area contributed by atoms with Crippen LogP contribution >= 0.6 is 23.5 Å². The van der Waals surface area contributed by atoms with E-state index < -0.39 is 5.51 Å². The van der Waals surface area contributed by atoms with Gasteiger partial charge in [-0.05, 0) is 43.4 Å². The van der Waals surface area contributed by atoms with Crippen molar-refractivity contribution in [2.24, 2.45) is 0 Å². The molecule has 0 saturated heterocycles. The standard InChI is InChI=1S/C15H14F3N3OS2/c1-8-5-6-19-13(24-15(16,17)18)10(8)7-23-14-20-11-4-2-3-9(11)12(22)21-14/h5-6H,2-4,7H2,1H3,(H,20,21,22). The summed E-state index contributed by atoms with van der Waals surface area (Å²) in [5.41, 5.74) is -1.77. The highest BCUT2D eigenvalue weighted by Gasteiger charge is 2.31. The molecule has 0 aliphatic heterocycles. The molecule has 4 nitrogen and oxygen atoms in total. The molecule has 2 heterocycles. The summed E-state index contributed by atoms with van der Waals surface area (Å²) in [5.74, 6) is 0.264. The average Bonchev–Trinajstić information content (AvgIpc) is 2.94. The van der Waals surface area contributed by atoms with Gasteiger partial charge in [-0.25, -0.2) is 9.97 Å². The number of aromatic nitrogens is 3. The van der Waals surface area contributed by atoms with Crippen molar-refractivity contribution in [1.29, 1.82) is 0 Å². The lowest BCUT2D eigenvalue weighted by atomic mass is 10.2. The fourth-order valence-corrected chi connectivity index (χ4v) is 4.33. The Kier molecular flexibility index (Phi) is 4.91. The van der Waals surface area contributed by atoms with Gasteiger partial charge in [-0.1, -0.05) is 11.8 Å². The number of hydrogen-bond donors (Lipinski definition) is 1. The molecule has 9 heteroatoms. The van der Waals surface area contributed by atoms with Crippen LogP contribution in [0.25, 0.3) is 0 Å². The lowest BCUT2D eigenvalue weighted by Crippen LogP contribution is -2.15. The zero-order valence-corrected chi connectivity index (χ0v) is 14.4. The predicted molar refractivity (Wildman–Crippen MR) is 87.3 cm³/mol. The molecular formula is C15H14F3N3OS2. The van der Waals surface area contributed by atoms with E-state index in [-0.39, 0.29) is 28.1 Å². The van der Waals surface area contributed by atoms with E-state index in [9.17, 15) is 18.0 Å². The van der Waals surface area contributed by atoms with Gasteiger partial charge in [0, 0.05) is 29.3 Å². The maximum atomic E-state index is 12.7. The van der Waals surface area contributed by atoms with Crippen molar-refractivity contribution in [2.75, 3.05) is 0 Å². The molecule has 128 valence electrons. The summed E-state index contributed by atoms with van der Waals surface area (Å²) < 4.78 is 38.0. The molecule has 0 fully saturated rings. The number of rotatable bonds is 4. The van der Waals surface area contributed by atoms with Gasteiger partial charge in [0.05, 0.1) is 5.69 Å². The Balaban J connectivity index is 1.82. The maximum Gasteiger partial charge on any atom is 0.447 e. The van der Waals surface area contributed by atoms with Crippen LogP contribution < -0.4 is 5.56 Å². The smallest absolute Gasteiger partial charge is 0.301 e. The Labute approximate surface area is 144 Å². The zero-order chi connectivity index (χ0) is 17.3. The summed E-state index contributed by atoms with van der Waals surface area (Å²) in [6.07, 6.45) is 3.78. The average molecular weight is 373 g/mol. The first-order valence-electron chi connectivity index (χ1n) is 7.28. The molecule has 2 aromatic rings. The summed E-state index contributed by atoms with van der Waals surface area (Å²) in [5, 5.41) is 0.380. The van der Waals surface area contributed by atoms with E-state index in [1.165, 1.54) is 18.0 Å². The highest BCUT2D eigenvalue weighted by Crippen LogP contribution is 2.39. The van der Waals surface area contributed by atoms with Crippen LogP contribution in [-0.4, -0.2) is 20.5 Å². The van der Waals surface area contributed by atoms with E-state index in [0.717, 1.165) is 36.1 Å². The number of nitrogens with one attached hydrogen (secondary N) is 1.